The maximum Gasteiger partial charge on any atom is 0.416 e. The van der Waals surface area contributed by atoms with Crippen LogP contribution in [0.1, 0.15) is 54.8 Å². The lowest BCUT2D eigenvalue weighted by atomic mass is 9.83. The van der Waals surface area contributed by atoms with E-state index in [1.54, 1.807) is 12.1 Å². The van der Waals surface area contributed by atoms with Gasteiger partial charge in [-0.25, -0.2) is 4.79 Å². The number of carbonyl (C=O) groups is 4. The maximum atomic E-state index is 14.1. The van der Waals surface area contributed by atoms with Crippen molar-refractivity contribution in [3.05, 3.63) is 76.5 Å². The minimum atomic E-state index is -4.66. The molecule has 2 atom stereocenters. The van der Waals surface area contributed by atoms with E-state index in [0.29, 0.717) is 36.1 Å². The highest BCUT2D eigenvalue weighted by Gasteiger charge is 2.45. The summed E-state index contributed by atoms with van der Waals surface area (Å²) in [5.41, 5.74) is 0.348. The molecule has 5 rings (SSSR count). The topological polar surface area (TPSA) is 123 Å². The fourth-order valence-corrected chi connectivity index (χ4v) is 5.51. The molecule has 3 aliphatic rings. The van der Waals surface area contributed by atoms with Crippen LogP contribution in [-0.2, 0) is 20.6 Å². The van der Waals surface area contributed by atoms with Crippen LogP contribution in [0.2, 0.25) is 0 Å². The highest BCUT2D eigenvalue weighted by atomic mass is 19.4. The summed E-state index contributed by atoms with van der Waals surface area (Å²) in [5, 5.41) is 14.7. The van der Waals surface area contributed by atoms with Gasteiger partial charge >= 0.3 is 12.2 Å². The fraction of sp³-hybridized carbons (Fsp3) is 0.345. The molecule has 12 heteroatoms. The van der Waals surface area contributed by atoms with Gasteiger partial charge in [0.05, 0.1) is 28.9 Å². The molecule has 0 radical (unpaired) electrons. The van der Waals surface area contributed by atoms with Gasteiger partial charge in [0, 0.05) is 36.7 Å². The third-order valence-electron chi connectivity index (χ3n) is 7.45. The Balaban J connectivity index is 1.57. The number of rotatable bonds is 6. The third-order valence-corrected chi connectivity index (χ3v) is 7.45. The molecule has 4 amide bonds. The van der Waals surface area contributed by atoms with Crippen molar-refractivity contribution in [3.8, 4) is 6.07 Å². The quantitative estimate of drug-likeness (QED) is 0.549. The second kappa shape index (κ2) is 11.1. The lowest BCUT2D eigenvalue weighted by Gasteiger charge is -2.45. The highest BCUT2D eigenvalue weighted by Crippen LogP contribution is 2.44. The van der Waals surface area contributed by atoms with Crippen molar-refractivity contribution < 1.29 is 32.3 Å². The lowest BCUT2D eigenvalue weighted by molar-refractivity contribution is -0.137. The number of halogens is 3. The number of nitriles is 1. The first-order valence-electron chi connectivity index (χ1n) is 13.2. The van der Waals surface area contributed by atoms with Crippen LogP contribution in [0.5, 0.6) is 0 Å². The van der Waals surface area contributed by atoms with Gasteiger partial charge < -0.3 is 15.5 Å². The number of benzene rings is 2. The molecule has 0 aromatic heterocycles. The Hall–Kier alpha value is -4.66. The van der Waals surface area contributed by atoms with Crippen molar-refractivity contribution in [2.75, 3.05) is 18.0 Å². The number of alkyl halides is 3. The molecule has 0 saturated carbocycles. The summed E-state index contributed by atoms with van der Waals surface area (Å²) in [4.78, 5) is 54.4. The molecule has 1 saturated heterocycles. The van der Waals surface area contributed by atoms with Gasteiger partial charge in [0.2, 0.25) is 11.8 Å². The number of hydrogen-bond acceptors (Lipinski definition) is 5. The number of urea groups is 1. The van der Waals surface area contributed by atoms with Gasteiger partial charge in [-0.05, 0) is 55.2 Å². The van der Waals surface area contributed by atoms with Crippen LogP contribution in [-0.4, -0.2) is 47.7 Å². The zero-order valence-corrected chi connectivity index (χ0v) is 21.8. The van der Waals surface area contributed by atoms with Crippen molar-refractivity contribution in [1.82, 2.24) is 15.5 Å². The average molecular weight is 566 g/mol. The maximum absolute atomic E-state index is 14.1. The fourth-order valence-electron chi connectivity index (χ4n) is 5.51. The molecule has 212 valence electrons. The van der Waals surface area contributed by atoms with Gasteiger partial charge in [-0.1, -0.05) is 18.2 Å². The van der Waals surface area contributed by atoms with E-state index in [1.165, 1.54) is 29.2 Å². The molecular formula is C29H26F3N5O4. The molecule has 0 spiro atoms. The second-order valence-corrected chi connectivity index (χ2v) is 10.2. The van der Waals surface area contributed by atoms with Gasteiger partial charge in [0.25, 0.3) is 0 Å². The van der Waals surface area contributed by atoms with E-state index in [4.69, 9.17) is 0 Å². The van der Waals surface area contributed by atoms with Crippen molar-refractivity contribution in [3.63, 3.8) is 0 Å². The molecule has 0 bridgehead atoms. The van der Waals surface area contributed by atoms with E-state index in [2.05, 4.69) is 10.6 Å². The SMILES string of the molecule is N#Cc1ccc(C2C3=C(CCCC3=O)N(c3cccc(C(F)(F)F)c3)C(=O)N2CC(=O)NCC2CCC(=O)N2)cc1. The second-order valence-electron chi connectivity index (χ2n) is 10.2. The summed E-state index contributed by atoms with van der Waals surface area (Å²) in [7, 11) is 0. The van der Waals surface area contributed by atoms with E-state index in [1.807, 2.05) is 6.07 Å². The van der Waals surface area contributed by atoms with Crippen molar-refractivity contribution >= 4 is 29.3 Å². The van der Waals surface area contributed by atoms with E-state index in [9.17, 15) is 37.6 Å². The van der Waals surface area contributed by atoms with E-state index < -0.39 is 36.3 Å². The van der Waals surface area contributed by atoms with Gasteiger partial charge in [0.1, 0.15) is 6.54 Å². The minimum absolute atomic E-state index is 0.0654. The molecule has 2 heterocycles. The molecule has 1 aliphatic carbocycles. The summed E-state index contributed by atoms with van der Waals surface area (Å²) in [6, 6.07) is 10.6. The van der Waals surface area contributed by atoms with E-state index in [0.717, 1.165) is 17.0 Å². The summed E-state index contributed by atoms with van der Waals surface area (Å²) < 4.78 is 40.7. The van der Waals surface area contributed by atoms with Crippen molar-refractivity contribution in [2.45, 2.75) is 50.4 Å². The van der Waals surface area contributed by atoms with Crippen LogP contribution in [0.3, 0.4) is 0 Å². The Morgan fingerprint density at radius 2 is 1.83 bits per heavy atom. The molecule has 2 N–H and O–H groups in total. The number of carbonyl (C=O) groups excluding carboxylic acids is 4. The minimum Gasteiger partial charge on any atom is -0.352 e. The highest BCUT2D eigenvalue weighted by molar-refractivity contribution is 6.07. The number of anilines is 1. The number of hydrogen-bond donors (Lipinski definition) is 2. The third kappa shape index (κ3) is 5.66. The molecule has 41 heavy (non-hydrogen) atoms. The summed E-state index contributed by atoms with van der Waals surface area (Å²) in [6.45, 7) is -0.359. The first-order valence-corrected chi connectivity index (χ1v) is 13.2. The largest absolute Gasteiger partial charge is 0.416 e. The summed E-state index contributed by atoms with van der Waals surface area (Å²) in [6.07, 6.45) is -2.90. The number of Topliss-reactive ketones (excluding diaryl/α,β-unsaturated/α-hetero) is 1. The van der Waals surface area contributed by atoms with Gasteiger partial charge in [0.15, 0.2) is 5.78 Å². The first kappa shape index (κ1) is 27.9. The number of allylic oxidation sites excluding steroid dienone is 1. The van der Waals surface area contributed by atoms with Crippen LogP contribution in [0, 0.1) is 11.3 Å². The Labute approximate surface area is 233 Å². The zero-order valence-electron chi connectivity index (χ0n) is 21.8. The van der Waals surface area contributed by atoms with Crippen LogP contribution >= 0.6 is 0 Å². The standard InChI is InChI=1S/C29H26F3N5O4/c30-29(31,32)19-3-1-4-21(13-19)37-22-5-2-6-23(38)26(22)27(18-9-7-17(14-33)8-10-18)36(28(37)41)16-25(40)34-15-20-11-12-24(39)35-20/h1,3-4,7-10,13,20,27H,2,5-6,11-12,15-16H2,(H,34,40)(H,35,39). The predicted molar refractivity (Wildman–Crippen MR) is 140 cm³/mol. The normalized spacial score (nSPS) is 21.0. The Morgan fingerprint density at radius 3 is 2.49 bits per heavy atom. The number of ketones is 1. The van der Waals surface area contributed by atoms with E-state index in [-0.39, 0.29) is 48.4 Å². The number of amides is 4. The smallest absolute Gasteiger partial charge is 0.352 e. The van der Waals surface area contributed by atoms with Crippen molar-refractivity contribution in [1.29, 1.82) is 5.26 Å². The van der Waals surface area contributed by atoms with Crippen molar-refractivity contribution in [2.24, 2.45) is 0 Å². The summed E-state index contributed by atoms with van der Waals surface area (Å²) >= 11 is 0. The summed E-state index contributed by atoms with van der Waals surface area (Å²) in [5.74, 6) is -0.957. The molecule has 9 nitrogen and oxygen atoms in total. The van der Waals surface area contributed by atoms with Crippen LogP contribution < -0.4 is 15.5 Å². The number of nitrogens with zero attached hydrogens (tertiary/aromatic N) is 3. The Bertz CT molecular complexity index is 1480. The average Bonchev–Trinajstić information content (AvgIpc) is 3.37. The van der Waals surface area contributed by atoms with Gasteiger partial charge in [-0.3, -0.25) is 19.3 Å². The monoisotopic (exact) mass is 565 g/mol. The Morgan fingerprint density at radius 1 is 1.07 bits per heavy atom. The zero-order chi connectivity index (χ0) is 29.3. The molecule has 1 fully saturated rings. The van der Waals surface area contributed by atoms with Crippen LogP contribution in [0.25, 0.3) is 0 Å². The molecule has 2 aromatic carbocycles. The Kier molecular flexibility index (Phi) is 7.53. The molecule has 2 unspecified atom stereocenters. The predicted octanol–water partition coefficient (Wildman–Crippen LogP) is 3.96. The van der Waals surface area contributed by atoms with Gasteiger partial charge in [-0.2, -0.15) is 18.4 Å². The van der Waals surface area contributed by atoms with Gasteiger partial charge in [-0.15, -0.1) is 0 Å². The number of nitrogens with one attached hydrogen (secondary N) is 2. The molecule has 2 aromatic rings. The van der Waals surface area contributed by atoms with E-state index >= 15 is 0 Å². The molecular weight excluding hydrogens is 539 g/mol. The first-order chi connectivity index (χ1) is 19.6. The lowest BCUT2D eigenvalue weighted by Crippen LogP contribution is -2.55. The molecule has 2 aliphatic heterocycles. The van der Waals surface area contributed by atoms with Crippen LogP contribution in [0.4, 0.5) is 23.7 Å². The van der Waals surface area contributed by atoms with Crippen LogP contribution in [0.15, 0.2) is 59.8 Å².